The molecule has 9 heteroatoms. The average molecular weight is 475 g/mol. The Kier molecular flexibility index (Phi) is 7.35. The lowest BCUT2D eigenvalue weighted by molar-refractivity contribution is -0.126. The van der Waals surface area contributed by atoms with E-state index in [0.29, 0.717) is 30.4 Å². The topological polar surface area (TPSA) is 98.0 Å². The molecular formula is C26H26BF2N4O2. The van der Waals surface area contributed by atoms with E-state index in [0.717, 1.165) is 11.6 Å². The lowest BCUT2D eigenvalue weighted by Crippen LogP contribution is -2.41. The molecule has 4 rings (SSSR count). The fraction of sp³-hybridized carbons (Fsp3) is 0.308. The fourth-order valence-electron chi connectivity index (χ4n) is 4.73. The van der Waals surface area contributed by atoms with Crippen LogP contribution in [-0.4, -0.2) is 35.0 Å². The highest BCUT2D eigenvalue weighted by molar-refractivity contribution is 6.54. The van der Waals surface area contributed by atoms with Crippen LogP contribution >= 0.6 is 0 Å². The zero-order valence-electron chi connectivity index (χ0n) is 19.6. The van der Waals surface area contributed by atoms with Crippen LogP contribution in [0.1, 0.15) is 48.2 Å². The van der Waals surface area contributed by atoms with Gasteiger partial charge in [0.1, 0.15) is 30.3 Å². The summed E-state index contributed by atoms with van der Waals surface area (Å²) in [5.41, 5.74) is 7.57. The Morgan fingerprint density at radius 3 is 2.71 bits per heavy atom. The predicted molar refractivity (Wildman–Crippen MR) is 132 cm³/mol. The summed E-state index contributed by atoms with van der Waals surface area (Å²) in [5.74, 6) is -2.03. The van der Waals surface area contributed by atoms with Crippen molar-refractivity contribution in [2.24, 2.45) is 11.7 Å². The number of pyridine rings is 2. The molecule has 3 unspecified atom stereocenters. The number of ketones is 1. The molecular weight excluding hydrogens is 449 g/mol. The molecule has 2 heterocycles. The Bertz CT molecular complexity index is 1270. The van der Waals surface area contributed by atoms with Crippen LogP contribution in [0.2, 0.25) is 6.82 Å². The Morgan fingerprint density at radius 2 is 1.97 bits per heavy atom. The van der Waals surface area contributed by atoms with E-state index in [1.807, 2.05) is 13.0 Å². The second-order valence-corrected chi connectivity index (χ2v) is 8.72. The van der Waals surface area contributed by atoms with Crippen molar-refractivity contribution in [3.05, 3.63) is 71.7 Å². The molecule has 179 valence electrons. The third kappa shape index (κ3) is 5.00. The van der Waals surface area contributed by atoms with Crippen LogP contribution in [0.15, 0.2) is 48.8 Å². The average Bonchev–Trinajstić information content (AvgIpc) is 2.86. The summed E-state index contributed by atoms with van der Waals surface area (Å²) in [6.45, 7) is 3.67. The summed E-state index contributed by atoms with van der Waals surface area (Å²) in [5, 5.41) is 2.81. The fourth-order valence-corrected chi connectivity index (χ4v) is 4.73. The lowest BCUT2D eigenvalue weighted by atomic mass is 9.70. The van der Waals surface area contributed by atoms with Gasteiger partial charge in [-0.05, 0) is 55.0 Å². The normalized spacial score (nSPS) is 19.9. The van der Waals surface area contributed by atoms with Gasteiger partial charge >= 0.3 is 0 Å². The number of benzene rings is 1. The molecule has 0 aliphatic heterocycles. The van der Waals surface area contributed by atoms with Gasteiger partial charge in [0.05, 0.1) is 17.9 Å². The number of nitrogens with one attached hydrogen (secondary N) is 1. The Balaban J connectivity index is 1.64. The van der Waals surface area contributed by atoms with E-state index >= 15 is 0 Å². The summed E-state index contributed by atoms with van der Waals surface area (Å²) in [7, 11) is 1.65. The van der Waals surface area contributed by atoms with E-state index in [9.17, 15) is 18.4 Å². The summed E-state index contributed by atoms with van der Waals surface area (Å²) < 4.78 is 29.3. The number of amides is 1. The van der Waals surface area contributed by atoms with Crippen molar-refractivity contribution in [2.45, 2.75) is 45.0 Å². The van der Waals surface area contributed by atoms with Gasteiger partial charge in [-0.1, -0.05) is 31.3 Å². The number of carbonyl (C=O) groups is 2. The molecule has 1 aliphatic carbocycles. The zero-order chi connectivity index (χ0) is 25.1. The third-order valence-electron chi connectivity index (χ3n) is 6.58. The number of rotatable bonds is 6. The number of nitrogens with zero attached hydrogens (tertiary/aromatic N) is 2. The van der Waals surface area contributed by atoms with E-state index in [1.54, 1.807) is 26.4 Å². The van der Waals surface area contributed by atoms with Crippen molar-refractivity contribution in [3.63, 3.8) is 0 Å². The minimum atomic E-state index is -0.733. The van der Waals surface area contributed by atoms with Crippen LogP contribution in [0.4, 0.5) is 14.5 Å². The van der Waals surface area contributed by atoms with Gasteiger partial charge in [0.2, 0.25) is 0 Å². The number of carbonyl (C=O) groups excluding carboxylic acids is 2. The number of nitrogens with two attached hydrogens (primary N) is 1. The molecule has 1 aromatic carbocycles. The van der Waals surface area contributed by atoms with Crippen molar-refractivity contribution >= 4 is 30.1 Å². The molecule has 0 bridgehead atoms. The minimum absolute atomic E-state index is 0.00400. The van der Waals surface area contributed by atoms with Crippen molar-refractivity contribution < 1.29 is 18.4 Å². The molecule has 1 saturated carbocycles. The molecule has 0 saturated heterocycles. The SMILES string of the molecule is C[B]c1cccc(F)c1-c1nc(C(=O)Nc2cnccc2C2CC(N)C(=O)C(CC)C2)ccc1F. The molecule has 2 aromatic heterocycles. The highest BCUT2D eigenvalue weighted by atomic mass is 19.1. The van der Waals surface area contributed by atoms with Crippen molar-refractivity contribution in [2.75, 3.05) is 5.32 Å². The van der Waals surface area contributed by atoms with Gasteiger partial charge in [-0.15, -0.1) is 0 Å². The maximum atomic E-state index is 14.7. The van der Waals surface area contributed by atoms with Crippen LogP contribution in [0.25, 0.3) is 11.3 Å². The predicted octanol–water partition coefficient (Wildman–Crippen LogP) is 3.85. The van der Waals surface area contributed by atoms with Crippen molar-refractivity contribution in [3.8, 4) is 11.3 Å². The summed E-state index contributed by atoms with van der Waals surface area (Å²) in [4.78, 5) is 33.8. The molecule has 1 radical (unpaired) electrons. The number of hydrogen-bond acceptors (Lipinski definition) is 5. The van der Waals surface area contributed by atoms with Gasteiger partial charge < -0.3 is 11.1 Å². The van der Waals surface area contributed by atoms with Crippen LogP contribution < -0.4 is 16.5 Å². The van der Waals surface area contributed by atoms with Gasteiger partial charge in [-0.25, -0.2) is 13.8 Å². The number of Topliss-reactive ketones (excluding diaryl/α,β-unsaturated/α-hetero) is 1. The van der Waals surface area contributed by atoms with E-state index in [2.05, 4.69) is 15.3 Å². The minimum Gasteiger partial charge on any atom is -0.321 e. The van der Waals surface area contributed by atoms with E-state index < -0.39 is 23.6 Å². The smallest absolute Gasteiger partial charge is 0.274 e. The molecule has 35 heavy (non-hydrogen) atoms. The van der Waals surface area contributed by atoms with Crippen LogP contribution in [0.5, 0.6) is 0 Å². The summed E-state index contributed by atoms with van der Waals surface area (Å²) in [6, 6.07) is 8.01. The first kappa shape index (κ1) is 24.7. The molecule has 3 N–H and O–H groups in total. The third-order valence-corrected chi connectivity index (χ3v) is 6.58. The molecule has 0 spiro atoms. The maximum absolute atomic E-state index is 14.7. The Labute approximate surface area is 203 Å². The van der Waals surface area contributed by atoms with E-state index in [1.165, 1.54) is 24.4 Å². The lowest BCUT2D eigenvalue weighted by Gasteiger charge is -2.32. The van der Waals surface area contributed by atoms with Crippen molar-refractivity contribution in [1.29, 1.82) is 0 Å². The Hall–Kier alpha value is -3.46. The first-order chi connectivity index (χ1) is 16.8. The number of anilines is 1. The molecule has 3 atom stereocenters. The highest BCUT2D eigenvalue weighted by Crippen LogP contribution is 2.38. The van der Waals surface area contributed by atoms with Crippen molar-refractivity contribution in [1.82, 2.24) is 9.97 Å². The van der Waals surface area contributed by atoms with Gasteiger partial charge in [0, 0.05) is 17.7 Å². The molecule has 1 fully saturated rings. The van der Waals surface area contributed by atoms with Gasteiger partial charge in [-0.3, -0.25) is 14.6 Å². The molecule has 1 amide bonds. The van der Waals surface area contributed by atoms with E-state index in [4.69, 9.17) is 5.73 Å². The quantitative estimate of drug-likeness (QED) is 0.528. The van der Waals surface area contributed by atoms with Gasteiger partial charge in [0.25, 0.3) is 5.91 Å². The van der Waals surface area contributed by atoms with Gasteiger partial charge in [0.15, 0.2) is 5.78 Å². The first-order valence-corrected chi connectivity index (χ1v) is 11.6. The number of hydrogen-bond donors (Lipinski definition) is 2. The number of halogens is 2. The summed E-state index contributed by atoms with van der Waals surface area (Å²) in [6.07, 6.45) is 4.97. The Morgan fingerprint density at radius 1 is 1.17 bits per heavy atom. The standard InChI is InChI=1S/C26H26BF2N4O2/c1-3-14-11-15(12-20(30)25(14)34)16-9-10-31-13-22(16)33-26(35)21-8-7-19(29)24(32-21)23-17(27-2)5-4-6-18(23)28/h4-10,13-15,20H,3,11-12,30H2,1-2H3,(H,33,35). The molecule has 6 nitrogen and oxygen atoms in total. The van der Waals surface area contributed by atoms with E-state index in [-0.39, 0.29) is 34.6 Å². The monoisotopic (exact) mass is 475 g/mol. The molecule has 3 aromatic rings. The largest absolute Gasteiger partial charge is 0.321 e. The number of aromatic nitrogens is 2. The second kappa shape index (κ2) is 10.4. The second-order valence-electron chi connectivity index (χ2n) is 8.72. The van der Waals surface area contributed by atoms with Crippen LogP contribution in [0, 0.1) is 17.6 Å². The van der Waals surface area contributed by atoms with Crippen LogP contribution in [-0.2, 0) is 4.79 Å². The highest BCUT2D eigenvalue weighted by Gasteiger charge is 2.35. The summed E-state index contributed by atoms with van der Waals surface area (Å²) >= 11 is 0. The first-order valence-electron chi connectivity index (χ1n) is 11.6. The van der Waals surface area contributed by atoms with Crippen LogP contribution in [0.3, 0.4) is 0 Å². The maximum Gasteiger partial charge on any atom is 0.274 e. The zero-order valence-corrected chi connectivity index (χ0v) is 19.6. The molecule has 1 aliphatic rings. The van der Waals surface area contributed by atoms with Gasteiger partial charge in [-0.2, -0.15) is 0 Å².